The van der Waals surface area contributed by atoms with Crippen LogP contribution in [-0.2, 0) is 0 Å². The van der Waals surface area contributed by atoms with E-state index in [2.05, 4.69) is 5.32 Å². The van der Waals surface area contributed by atoms with Gasteiger partial charge in [0.2, 0.25) is 0 Å². The first-order valence-electron chi connectivity index (χ1n) is 5.61. The fourth-order valence-electron chi connectivity index (χ4n) is 2.00. The van der Waals surface area contributed by atoms with Crippen molar-refractivity contribution in [1.82, 2.24) is 5.32 Å². The van der Waals surface area contributed by atoms with Crippen molar-refractivity contribution in [2.75, 3.05) is 18.0 Å². The van der Waals surface area contributed by atoms with Gasteiger partial charge < -0.3 is 16.8 Å². The second-order valence-electron chi connectivity index (χ2n) is 4.21. The predicted molar refractivity (Wildman–Crippen MR) is 65.2 cm³/mol. The highest BCUT2D eigenvalue weighted by atomic mass is 16.1. The molecule has 16 heavy (non-hydrogen) atoms. The number of carbonyl (C=O) groups excluding carboxylic acids is 1. The Morgan fingerprint density at radius 2 is 2.06 bits per heavy atom. The zero-order valence-electron chi connectivity index (χ0n) is 9.20. The lowest BCUT2D eigenvalue weighted by Crippen LogP contribution is -2.40. The first-order valence-corrected chi connectivity index (χ1v) is 5.61. The summed E-state index contributed by atoms with van der Waals surface area (Å²) in [6, 6.07) is 5.03. The van der Waals surface area contributed by atoms with Crippen LogP contribution in [-0.4, -0.2) is 18.4 Å². The van der Waals surface area contributed by atoms with E-state index in [1.54, 1.807) is 18.2 Å². The van der Waals surface area contributed by atoms with Crippen molar-refractivity contribution in [3.05, 3.63) is 23.8 Å². The summed E-state index contributed by atoms with van der Waals surface area (Å²) in [5.74, 6) is 0.117. The lowest BCUT2D eigenvalue weighted by molar-refractivity contribution is 0.0927. The Hall–Kier alpha value is -1.55. The minimum Gasteiger partial charge on any atom is -0.397 e. The van der Waals surface area contributed by atoms with Crippen LogP contribution in [0.25, 0.3) is 0 Å². The Morgan fingerprint density at radius 3 is 2.69 bits per heavy atom. The molecule has 1 aliphatic rings. The van der Waals surface area contributed by atoms with Crippen LogP contribution < -0.4 is 16.8 Å². The van der Waals surface area contributed by atoms with E-state index in [4.69, 9.17) is 11.5 Å². The van der Waals surface area contributed by atoms with Gasteiger partial charge in [-0.05, 0) is 37.6 Å². The highest BCUT2D eigenvalue weighted by molar-refractivity contribution is 6.01. The molecule has 1 aliphatic heterocycles. The minimum absolute atomic E-state index is 0.0585. The average Bonchev–Trinajstić information content (AvgIpc) is 2.33. The van der Waals surface area contributed by atoms with Crippen LogP contribution >= 0.6 is 0 Å². The van der Waals surface area contributed by atoms with Crippen LogP contribution in [0, 0.1) is 0 Å². The quantitative estimate of drug-likeness (QED) is 0.515. The Morgan fingerprint density at radius 1 is 1.25 bits per heavy atom. The molecule has 0 bridgehead atoms. The number of nitrogens with one attached hydrogen (secondary N) is 1. The van der Waals surface area contributed by atoms with Crippen molar-refractivity contribution in [2.24, 2.45) is 0 Å². The van der Waals surface area contributed by atoms with Crippen molar-refractivity contribution in [3.63, 3.8) is 0 Å². The molecule has 0 saturated carbocycles. The highest BCUT2D eigenvalue weighted by Gasteiger charge is 2.21. The number of benzene rings is 1. The fraction of sp³-hybridized carbons (Fsp3) is 0.417. The van der Waals surface area contributed by atoms with Crippen molar-refractivity contribution in [3.8, 4) is 0 Å². The molecule has 1 aromatic carbocycles. The molecule has 0 amide bonds. The SMILES string of the molecule is Nc1ccc(C(=O)C2CCCCN2)cc1N. The number of nitrogen functional groups attached to an aromatic ring is 2. The zero-order valence-corrected chi connectivity index (χ0v) is 9.20. The van der Waals surface area contributed by atoms with Gasteiger partial charge in [-0.15, -0.1) is 0 Å². The predicted octanol–water partition coefficient (Wildman–Crippen LogP) is 1.18. The van der Waals surface area contributed by atoms with Gasteiger partial charge in [0.15, 0.2) is 5.78 Å². The van der Waals surface area contributed by atoms with E-state index in [9.17, 15) is 4.79 Å². The lowest BCUT2D eigenvalue weighted by atomic mass is 9.96. The summed E-state index contributed by atoms with van der Waals surface area (Å²) >= 11 is 0. The maximum atomic E-state index is 12.1. The molecule has 86 valence electrons. The molecule has 2 rings (SSSR count). The van der Waals surface area contributed by atoms with Gasteiger partial charge in [-0.25, -0.2) is 0 Å². The molecule has 1 fully saturated rings. The Labute approximate surface area is 95.0 Å². The van der Waals surface area contributed by atoms with E-state index in [0.717, 1.165) is 25.8 Å². The van der Waals surface area contributed by atoms with Gasteiger partial charge in [0.05, 0.1) is 17.4 Å². The molecule has 4 heteroatoms. The smallest absolute Gasteiger partial charge is 0.179 e. The number of hydrogen-bond donors (Lipinski definition) is 3. The second kappa shape index (κ2) is 4.53. The molecule has 0 aromatic heterocycles. The van der Waals surface area contributed by atoms with Crippen molar-refractivity contribution >= 4 is 17.2 Å². The number of hydrogen-bond acceptors (Lipinski definition) is 4. The monoisotopic (exact) mass is 219 g/mol. The van der Waals surface area contributed by atoms with Gasteiger partial charge in [-0.3, -0.25) is 4.79 Å². The van der Waals surface area contributed by atoms with Crippen LogP contribution in [0.1, 0.15) is 29.6 Å². The third kappa shape index (κ3) is 2.17. The summed E-state index contributed by atoms with van der Waals surface area (Å²) in [7, 11) is 0. The molecule has 1 atom stereocenters. The van der Waals surface area contributed by atoms with Crippen LogP contribution in [0.5, 0.6) is 0 Å². The van der Waals surface area contributed by atoms with E-state index in [0.29, 0.717) is 16.9 Å². The first-order chi connectivity index (χ1) is 7.68. The number of rotatable bonds is 2. The van der Waals surface area contributed by atoms with Crippen molar-refractivity contribution in [2.45, 2.75) is 25.3 Å². The summed E-state index contributed by atoms with van der Waals surface area (Å²) < 4.78 is 0. The molecular formula is C12H17N3O. The molecule has 0 aliphatic carbocycles. The van der Waals surface area contributed by atoms with Crippen LogP contribution in [0.3, 0.4) is 0 Å². The molecule has 1 heterocycles. The van der Waals surface area contributed by atoms with E-state index in [-0.39, 0.29) is 11.8 Å². The van der Waals surface area contributed by atoms with Crippen LogP contribution in [0.15, 0.2) is 18.2 Å². The maximum absolute atomic E-state index is 12.1. The molecule has 1 aromatic rings. The molecule has 0 radical (unpaired) electrons. The number of piperidine rings is 1. The van der Waals surface area contributed by atoms with Gasteiger partial charge in [-0.1, -0.05) is 6.42 Å². The van der Waals surface area contributed by atoms with Crippen molar-refractivity contribution < 1.29 is 4.79 Å². The van der Waals surface area contributed by atoms with Gasteiger partial charge in [-0.2, -0.15) is 0 Å². The molecule has 5 N–H and O–H groups in total. The number of ketones is 1. The van der Waals surface area contributed by atoms with Gasteiger partial charge in [0, 0.05) is 5.56 Å². The number of Topliss-reactive ketones (excluding diaryl/α,β-unsaturated/α-hetero) is 1. The largest absolute Gasteiger partial charge is 0.397 e. The van der Waals surface area contributed by atoms with E-state index in [1.165, 1.54) is 0 Å². The Kier molecular flexibility index (Phi) is 3.10. The van der Waals surface area contributed by atoms with Crippen molar-refractivity contribution in [1.29, 1.82) is 0 Å². The standard InChI is InChI=1S/C12H17N3O/c13-9-5-4-8(7-10(9)14)12(16)11-3-1-2-6-15-11/h4-5,7,11,15H,1-3,6,13-14H2. The average molecular weight is 219 g/mol. The summed E-state index contributed by atoms with van der Waals surface area (Å²) in [6.07, 6.45) is 3.16. The molecular weight excluding hydrogens is 202 g/mol. The van der Waals surface area contributed by atoms with E-state index < -0.39 is 0 Å². The van der Waals surface area contributed by atoms with Gasteiger partial charge in [0.25, 0.3) is 0 Å². The normalized spacial score (nSPS) is 20.6. The number of nitrogens with two attached hydrogens (primary N) is 2. The number of anilines is 2. The van der Waals surface area contributed by atoms with Gasteiger partial charge in [0.1, 0.15) is 0 Å². The minimum atomic E-state index is -0.0585. The third-order valence-electron chi connectivity index (χ3n) is 3.00. The number of carbonyl (C=O) groups is 1. The van der Waals surface area contributed by atoms with Crippen LogP contribution in [0.4, 0.5) is 11.4 Å². The lowest BCUT2D eigenvalue weighted by Gasteiger charge is -2.22. The molecule has 4 nitrogen and oxygen atoms in total. The Bertz CT molecular complexity index is 397. The highest BCUT2D eigenvalue weighted by Crippen LogP contribution is 2.19. The zero-order chi connectivity index (χ0) is 11.5. The molecule has 1 unspecified atom stereocenters. The third-order valence-corrected chi connectivity index (χ3v) is 3.00. The summed E-state index contributed by atoms with van der Waals surface area (Å²) in [6.45, 7) is 0.918. The molecule has 1 saturated heterocycles. The topological polar surface area (TPSA) is 81.1 Å². The van der Waals surface area contributed by atoms with Gasteiger partial charge >= 0.3 is 0 Å². The van der Waals surface area contributed by atoms with E-state index in [1.807, 2.05) is 0 Å². The summed E-state index contributed by atoms with van der Waals surface area (Å²) in [4.78, 5) is 12.1. The first kappa shape index (κ1) is 11.0. The maximum Gasteiger partial charge on any atom is 0.179 e. The van der Waals surface area contributed by atoms with E-state index >= 15 is 0 Å². The Balaban J connectivity index is 2.16. The summed E-state index contributed by atoms with van der Waals surface area (Å²) in [5.41, 5.74) is 12.9. The fourth-order valence-corrected chi connectivity index (χ4v) is 2.00. The van der Waals surface area contributed by atoms with Crippen LogP contribution in [0.2, 0.25) is 0 Å². The summed E-state index contributed by atoms with van der Waals surface area (Å²) in [5, 5.41) is 3.23. The second-order valence-corrected chi connectivity index (χ2v) is 4.21. The molecule has 0 spiro atoms.